The van der Waals surface area contributed by atoms with Crippen LogP contribution in [0.4, 0.5) is 17.6 Å². The summed E-state index contributed by atoms with van der Waals surface area (Å²) in [6.07, 6.45) is 3.48. The van der Waals surface area contributed by atoms with Gasteiger partial charge in [0.05, 0.1) is 13.3 Å². The number of nitrogens with one attached hydrogen (secondary N) is 1. The first kappa shape index (κ1) is 18.0. The van der Waals surface area contributed by atoms with Gasteiger partial charge in [-0.25, -0.2) is 4.98 Å². The zero-order valence-corrected chi connectivity index (χ0v) is 15.8. The number of nitrogens with zero attached hydrogens (tertiary/aromatic N) is 6. The minimum Gasteiger partial charge on any atom is -0.497 e. The minimum absolute atomic E-state index is 0.653. The van der Waals surface area contributed by atoms with Crippen molar-refractivity contribution in [1.82, 2.24) is 20.2 Å². The molecule has 1 aliphatic rings. The second kappa shape index (κ2) is 8.51. The van der Waals surface area contributed by atoms with Crippen molar-refractivity contribution < 1.29 is 4.74 Å². The predicted octanol–water partition coefficient (Wildman–Crippen LogP) is 2.21. The van der Waals surface area contributed by atoms with Gasteiger partial charge in [0.1, 0.15) is 11.6 Å². The fourth-order valence-electron chi connectivity index (χ4n) is 3.13. The van der Waals surface area contributed by atoms with Crippen molar-refractivity contribution in [3.63, 3.8) is 0 Å². The summed E-state index contributed by atoms with van der Waals surface area (Å²) in [5.41, 5.74) is 1.14. The number of ether oxygens (including phenoxy) is 1. The molecule has 4 rings (SSSR count). The topological polar surface area (TPSA) is 79.3 Å². The number of rotatable bonds is 6. The molecule has 3 heterocycles. The number of hydrogen-bond acceptors (Lipinski definition) is 8. The Labute approximate surface area is 164 Å². The fraction of sp³-hybridized carbons (Fsp3) is 0.300. The fourth-order valence-corrected chi connectivity index (χ4v) is 3.13. The molecular formula is C20H23N7O. The lowest BCUT2D eigenvalue weighted by Crippen LogP contribution is -2.47. The summed E-state index contributed by atoms with van der Waals surface area (Å²) in [7, 11) is 1.66. The lowest BCUT2D eigenvalue weighted by molar-refractivity contribution is 0.414. The Kier molecular flexibility index (Phi) is 5.46. The van der Waals surface area contributed by atoms with Crippen LogP contribution in [-0.4, -0.2) is 53.5 Å². The van der Waals surface area contributed by atoms with E-state index in [0.29, 0.717) is 18.3 Å². The average molecular weight is 377 g/mol. The molecule has 8 heteroatoms. The molecule has 0 radical (unpaired) electrons. The Hall–Kier alpha value is -3.42. The van der Waals surface area contributed by atoms with Gasteiger partial charge in [0.15, 0.2) is 5.82 Å². The molecule has 2 aromatic heterocycles. The Morgan fingerprint density at radius 2 is 1.79 bits per heavy atom. The second-order valence-corrected chi connectivity index (χ2v) is 6.51. The summed E-state index contributed by atoms with van der Waals surface area (Å²) < 4.78 is 5.19. The summed E-state index contributed by atoms with van der Waals surface area (Å²) in [6, 6.07) is 13.9. The maximum Gasteiger partial charge on any atom is 0.247 e. The molecule has 1 aliphatic heterocycles. The van der Waals surface area contributed by atoms with Crippen LogP contribution in [0.1, 0.15) is 5.56 Å². The number of aromatic nitrogens is 4. The summed E-state index contributed by atoms with van der Waals surface area (Å²) in [5, 5.41) is 11.6. The van der Waals surface area contributed by atoms with Crippen molar-refractivity contribution in [2.75, 3.05) is 48.4 Å². The average Bonchev–Trinajstić information content (AvgIpc) is 2.79. The van der Waals surface area contributed by atoms with Gasteiger partial charge >= 0.3 is 0 Å². The Morgan fingerprint density at radius 3 is 2.50 bits per heavy atom. The summed E-state index contributed by atoms with van der Waals surface area (Å²) in [6.45, 7) is 4.09. The maximum atomic E-state index is 5.19. The molecule has 8 nitrogen and oxygen atoms in total. The van der Waals surface area contributed by atoms with E-state index in [4.69, 9.17) is 4.74 Å². The van der Waals surface area contributed by atoms with Crippen LogP contribution in [0.25, 0.3) is 0 Å². The van der Waals surface area contributed by atoms with Gasteiger partial charge in [-0.1, -0.05) is 18.2 Å². The Morgan fingerprint density at radius 1 is 1.00 bits per heavy atom. The monoisotopic (exact) mass is 377 g/mol. The van der Waals surface area contributed by atoms with E-state index in [1.165, 1.54) is 0 Å². The van der Waals surface area contributed by atoms with Crippen molar-refractivity contribution in [3.8, 4) is 5.75 Å². The van der Waals surface area contributed by atoms with Crippen molar-refractivity contribution in [1.29, 1.82) is 0 Å². The Balaban J connectivity index is 1.34. The largest absolute Gasteiger partial charge is 0.497 e. The van der Waals surface area contributed by atoms with Gasteiger partial charge in [0.25, 0.3) is 0 Å². The molecule has 0 amide bonds. The maximum absolute atomic E-state index is 5.19. The zero-order valence-electron chi connectivity index (χ0n) is 15.8. The van der Waals surface area contributed by atoms with Crippen molar-refractivity contribution in [2.45, 2.75) is 6.54 Å². The van der Waals surface area contributed by atoms with Gasteiger partial charge in [-0.15, -0.1) is 5.10 Å². The van der Waals surface area contributed by atoms with E-state index in [1.807, 2.05) is 48.7 Å². The molecule has 0 atom stereocenters. The number of methoxy groups -OCH3 is 1. The standard InChI is InChI=1S/C20H23N7O/c1-28-17-7-5-16(6-8-17)14-22-18-15-23-25-20(24-18)27-12-10-26(11-13-27)19-4-2-3-9-21-19/h2-9,15H,10-14H2,1H3,(H,22,24,25). The molecule has 1 aromatic carbocycles. The van der Waals surface area contributed by atoms with Crippen LogP contribution < -0.4 is 19.9 Å². The molecule has 0 spiro atoms. The van der Waals surface area contributed by atoms with Crippen LogP contribution in [-0.2, 0) is 6.54 Å². The highest BCUT2D eigenvalue weighted by Gasteiger charge is 2.20. The third-order valence-corrected chi connectivity index (χ3v) is 4.72. The molecule has 28 heavy (non-hydrogen) atoms. The molecule has 1 fully saturated rings. The van der Waals surface area contributed by atoms with Gasteiger partial charge in [0, 0.05) is 38.9 Å². The van der Waals surface area contributed by atoms with E-state index < -0.39 is 0 Å². The normalized spacial score (nSPS) is 14.0. The molecule has 0 saturated carbocycles. The predicted molar refractivity (Wildman–Crippen MR) is 109 cm³/mol. The lowest BCUT2D eigenvalue weighted by atomic mass is 10.2. The van der Waals surface area contributed by atoms with Gasteiger partial charge < -0.3 is 19.9 Å². The number of pyridine rings is 1. The summed E-state index contributed by atoms with van der Waals surface area (Å²) >= 11 is 0. The highest BCUT2D eigenvalue weighted by Crippen LogP contribution is 2.17. The molecule has 144 valence electrons. The first-order valence-corrected chi connectivity index (χ1v) is 9.29. The third kappa shape index (κ3) is 4.28. The van der Waals surface area contributed by atoms with Gasteiger partial charge in [0.2, 0.25) is 5.95 Å². The summed E-state index contributed by atoms with van der Waals surface area (Å²) in [5.74, 6) is 3.23. The molecule has 3 aromatic rings. The SMILES string of the molecule is COc1ccc(CNc2cnnc(N3CCN(c4ccccn4)CC3)n2)cc1. The van der Waals surface area contributed by atoms with Crippen LogP contribution >= 0.6 is 0 Å². The van der Waals surface area contributed by atoms with Crippen molar-refractivity contribution >= 4 is 17.6 Å². The quantitative estimate of drug-likeness (QED) is 0.700. The van der Waals surface area contributed by atoms with E-state index in [-0.39, 0.29) is 0 Å². The number of piperazine rings is 1. The van der Waals surface area contributed by atoms with E-state index >= 15 is 0 Å². The molecular weight excluding hydrogens is 354 g/mol. The van der Waals surface area contributed by atoms with Crippen molar-refractivity contribution in [2.24, 2.45) is 0 Å². The van der Waals surface area contributed by atoms with Crippen molar-refractivity contribution in [3.05, 3.63) is 60.4 Å². The minimum atomic E-state index is 0.653. The number of anilines is 3. The second-order valence-electron chi connectivity index (χ2n) is 6.51. The van der Waals surface area contributed by atoms with Crippen LogP contribution in [0.3, 0.4) is 0 Å². The molecule has 1 saturated heterocycles. The van der Waals surface area contributed by atoms with E-state index in [1.54, 1.807) is 13.3 Å². The molecule has 0 bridgehead atoms. The zero-order chi connectivity index (χ0) is 19.2. The molecule has 1 N–H and O–H groups in total. The first-order valence-electron chi connectivity index (χ1n) is 9.29. The van der Waals surface area contributed by atoms with Crippen LogP contribution in [0.5, 0.6) is 5.75 Å². The third-order valence-electron chi connectivity index (χ3n) is 4.72. The summed E-state index contributed by atoms with van der Waals surface area (Å²) in [4.78, 5) is 13.5. The van der Waals surface area contributed by atoms with E-state index in [0.717, 1.165) is 43.3 Å². The smallest absolute Gasteiger partial charge is 0.247 e. The first-order chi connectivity index (χ1) is 13.8. The highest BCUT2D eigenvalue weighted by molar-refractivity contribution is 5.44. The number of benzene rings is 1. The van der Waals surface area contributed by atoms with Gasteiger partial charge in [-0.3, -0.25) is 0 Å². The number of hydrogen-bond donors (Lipinski definition) is 1. The lowest BCUT2D eigenvalue weighted by Gasteiger charge is -2.35. The highest BCUT2D eigenvalue weighted by atomic mass is 16.5. The van der Waals surface area contributed by atoms with Gasteiger partial charge in [-0.05, 0) is 29.8 Å². The molecule has 0 unspecified atom stereocenters. The van der Waals surface area contributed by atoms with Crippen LogP contribution in [0.2, 0.25) is 0 Å². The Bertz CT molecular complexity index is 881. The van der Waals surface area contributed by atoms with Gasteiger partial charge in [-0.2, -0.15) is 10.1 Å². The molecule has 0 aliphatic carbocycles. The van der Waals surface area contributed by atoms with E-state index in [2.05, 4.69) is 35.3 Å². The van der Waals surface area contributed by atoms with E-state index in [9.17, 15) is 0 Å². The van der Waals surface area contributed by atoms with Crippen LogP contribution in [0, 0.1) is 0 Å². The van der Waals surface area contributed by atoms with Crippen LogP contribution in [0.15, 0.2) is 54.9 Å².